The van der Waals surface area contributed by atoms with Gasteiger partial charge in [-0.3, -0.25) is 9.59 Å². The zero-order chi connectivity index (χ0) is 21.4. The highest BCUT2D eigenvalue weighted by atomic mass is 32.2. The van der Waals surface area contributed by atoms with Crippen molar-refractivity contribution in [3.8, 4) is 0 Å². The Morgan fingerprint density at radius 1 is 1.00 bits per heavy atom. The maximum Gasteiger partial charge on any atom is 0.251 e. The van der Waals surface area contributed by atoms with Crippen molar-refractivity contribution < 1.29 is 18.0 Å². The first kappa shape index (κ1) is 22.0. The molecule has 0 atom stereocenters. The molecule has 8 heteroatoms. The smallest absolute Gasteiger partial charge is 0.251 e. The minimum Gasteiger partial charge on any atom is -0.350 e. The lowest BCUT2D eigenvalue weighted by atomic mass is 10.2. The summed E-state index contributed by atoms with van der Waals surface area (Å²) in [4.78, 5) is 26.3. The highest BCUT2D eigenvalue weighted by Crippen LogP contribution is 2.13. The molecule has 1 fully saturated rings. The molecule has 0 unspecified atom stereocenters. The molecule has 2 aromatic carbocycles. The van der Waals surface area contributed by atoms with Gasteiger partial charge in [0.15, 0.2) is 0 Å². The number of hydrogen-bond acceptors (Lipinski definition) is 4. The first-order valence-electron chi connectivity index (χ1n) is 10.2. The van der Waals surface area contributed by atoms with Crippen molar-refractivity contribution in [2.45, 2.75) is 37.1 Å². The molecule has 0 aromatic heterocycles. The van der Waals surface area contributed by atoms with Crippen molar-refractivity contribution in [1.29, 1.82) is 0 Å². The molecule has 0 aliphatic carbocycles. The minimum absolute atomic E-state index is 0.0359. The van der Waals surface area contributed by atoms with Crippen molar-refractivity contribution in [1.82, 2.24) is 14.9 Å². The van der Waals surface area contributed by atoms with E-state index in [9.17, 15) is 18.0 Å². The van der Waals surface area contributed by atoms with Crippen molar-refractivity contribution in [3.63, 3.8) is 0 Å². The van der Waals surface area contributed by atoms with E-state index < -0.39 is 10.0 Å². The molecule has 0 saturated carbocycles. The third-order valence-corrected chi connectivity index (χ3v) is 6.45. The molecule has 2 amide bonds. The van der Waals surface area contributed by atoms with Gasteiger partial charge in [0.2, 0.25) is 15.9 Å². The van der Waals surface area contributed by atoms with E-state index in [2.05, 4.69) is 10.0 Å². The first-order chi connectivity index (χ1) is 14.5. The number of sulfonamides is 1. The van der Waals surface area contributed by atoms with Gasteiger partial charge in [0.05, 0.1) is 4.90 Å². The van der Waals surface area contributed by atoms with Gasteiger partial charge in [-0.25, -0.2) is 13.1 Å². The average molecular weight is 430 g/mol. The van der Waals surface area contributed by atoms with Crippen LogP contribution in [0, 0.1) is 0 Å². The molecular weight excluding hydrogens is 402 g/mol. The lowest BCUT2D eigenvalue weighted by Crippen LogP contribution is -2.38. The van der Waals surface area contributed by atoms with Crippen molar-refractivity contribution >= 4 is 21.8 Å². The Hall–Kier alpha value is -2.71. The lowest BCUT2D eigenvalue weighted by molar-refractivity contribution is -0.130. The van der Waals surface area contributed by atoms with Crippen LogP contribution in [0.3, 0.4) is 0 Å². The van der Waals surface area contributed by atoms with Crippen LogP contribution in [0.25, 0.3) is 0 Å². The summed E-state index contributed by atoms with van der Waals surface area (Å²) in [5.74, 6) is -0.239. The monoisotopic (exact) mass is 429 g/mol. The van der Waals surface area contributed by atoms with Gasteiger partial charge in [-0.1, -0.05) is 42.8 Å². The predicted octanol–water partition coefficient (Wildman–Crippen LogP) is 2.30. The molecule has 1 heterocycles. The third kappa shape index (κ3) is 6.14. The van der Waals surface area contributed by atoms with Crippen LogP contribution >= 0.6 is 0 Å². The number of nitrogens with zero attached hydrogens (tertiary/aromatic N) is 1. The topological polar surface area (TPSA) is 95.6 Å². The standard InChI is InChI=1S/C22H27N3O4S/c26-21-12-5-2-6-14-25(21)15-13-23-22(27)19-10-7-11-20(16-19)30(28,29)24-17-18-8-3-1-4-9-18/h1,3-4,7-11,16,24H,2,5-6,12-15,17H2,(H,23,27). The molecular formula is C22H27N3O4S. The van der Waals surface area contributed by atoms with E-state index in [4.69, 9.17) is 0 Å². The van der Waals surface area contributed by atoms with Crippen molar-refractivity contribution in [2.75, 3.05) is 19.6 Å². The summed E-state index contributed by atoms with van der Waals surface area (Å²) in [6.45, 7) is 1.67. The van der Waals surface area contributed by atoms with Crippen LogP contribution in [-0.4, -0.2) is 44.8 Å². The number of likely N-dealkylation sites (tertiary alicyclic amines) is 1. The Kier molecular flexibility index (Phi) is 7.59. The quantitative estimate of drug-likeness (QED) is 0.673. The fourth-order valence-corrected chi connectivity index (χ4v) is 4.41. The van der Waals surface area contributed by atoms with Crippen molar-refractivity contribution in [3.05, 3.63) is 65.7 Å². The van der Waals surface area contributed by atoms with E-state index >= 15 is 0 Å². The third-order valence-electron chi connectivity index (χ3n) is 5.05. The highest BCUT2D eigenvalue weighted by molar-refractivity contribution is 7.89. The zero-order valence-electron chi connectivity index (χ0n) is 16.8. The van der Waals surface area contributed by atoms with Gasteiger partial charge in [-0.2, -0.15) is 0 Å². The van der Waals surface area contributed by atoms with Crippen LogP contribution in [0.15, 0.2) is 59.5 Å². The molecule has 1 saturated heterocycles. The summed E-state index contributed by atoms with van der Waals surface area (Å²) < 4.78 is 27.7. The Morgan fingerprint density at radius 2 is 1.80 bits per heavy atom. The van der Waals surface area contributed by atoms with E-state index in [1.807, 2.05) is 30.3 Å². The summed E-state index contributed by atoms with van der Waals surface area (Å²) in [6.07, 6.45) is 3.51. The minimum atomic E-state index is -3.75. The number of rotatable bonds is 8. The van der Waals surface area contributed by atoms with E-state index in [-0.39, 0.29) is 28.8 Å². The highest BCUT2D eigenvalue weighted by Gasteiger charge is 2.18. The summed E-state index contributed by atoms with van der Waals surface area (Å²) in [7, 11) is -3.75. The number of nitrogens with one attached hydrogen (secondary N) is 2. The molecule has 1 aliphatic heterocycles. The molecule has 3 rings (SSSR count). The van der Waals surface area contributed by atoms with E-state index in [1.165, 1.54) is 12.1 Å². The van der Waals surface area contributed by atoms with Gasteiger partial charge >= 0.3 is 0 Å². The van der Waals surface area contributed by atoms with Gasteiger partial charge in [0.25, 0.3) is 5.91 Å². The van der Waals surface area contributed by atoms with Crippen LogP contribution in [0.1, 0.15) is 41.6 Å². The maximum atomic E-state index is 12.6. The Bertz CT molecular complexity index is 977. The van der Waals surface area contributed by atoms with Crippen molar-refractivity contribution in [2.24, 2.45) is 0 Å². The maximum absolute atomic E-state index is 12.6. The SMILES string of the molecule is O=C(NCCN1CCCCCC1=O)c1cccc(S(=O)(=O)NCc2ccccc2)c1. The fourth-order valence-electron chi connectivity index (χ4n) is 3.34. The molecule has 30 heavy (non-hydrogen) atoms. The first-order valence-corrected chi connectivity index (χ1v) is 11.6. The van der Waals surface area contributed by atoms with Gasteiger partial charge in [-0.05, 0) is 36.6 Å². The number of carbonyl (C=O) groups is 2. The molecule has 0 bridgehead atoms. The zero-order valence-corrected chi connectivity index (χ0v) is 17.7. The Labute approximate surface area is 177 Å². The molecule has 1 aliphatic rings. The summed E-state index contributed by atoms with van der Waals surface area (Å²) >= 11 is 0. The summed E-state index contributed by atoms with van der Waals surface area (Å²) in [5.41, 5.74) is 1.11. The largest absolute Gasteiger partial charge is 0.350 e. The van der Waals surface area contributed by atoms with E-state index in [0.29, 0.717) is 19.5 Å². The average Bonchev–Trinajstić information content (AvgIpc) is 2.97. The summed E-state index contributed by atoms with van der Waals surface area (Å²) in [5, 5.41) is 2.78. The second kappa shape index (κ2) is 10.4. The van der Waals surface area contributed by atoms with E-state index in [1.54, 1.807) is 17.0 Å². The van der Waals surface area contributed by atoms with Crippen LogP contribution in [0.2, 0.25) is 0 Å². The molecule has 160 valence electrons. The normalized spacial score (nSPS) is 14.9. The molecule has 7 nitrogen and oxygen atoms in total. The number of amides is 2. The lowest BCUT2D eigenvalue weighted by Gasteiger charge is -2.20. The van der Waals surface area contributed by atoms with E-state index in [0.717, 1.165) is 31.4 Å². The van der Waals surface area contributed by atoms with Gasteiger partial charge in [-0.15, -0.1) is 0 Å². The number of benzene rings is 2. The molecule has 0 radical (unpaired) electrons. The van der Waals surface area contributed by atoms with Crippen LogP contribution in [0.5, 0.6) is 0 Å². The second-order valence-electron chi connectivity index (χ2n) is 7.29. The second-order valence-corrected chi connectivity index (χ2v) is 9.05. The van der Waals surface area contributed by atoms with Gasteiger partial charge in [0.1, 0.15) is 0 Å². The molecule has 2 N–H and O–H groups in total. The number of carbonyl (C=O) groups excluding carboxylic acids is 2. The summed E-state index contributed by atoms with van der Waals surface area (Å²) in [6, 6.07) is 15.2. The fraction of sp³-hybridized carbons (Fsp3) is 0.364. The number of hydrogen-bond donors (Lipinski definition) is 2. The predicted molar refractivity (Wildman–Crippen MR) is 114 cm³/mol. The van der Waals surface area contributed by atoms with Gasteiger partial charge in [0, 0.05) is 38.2 Å². The van der Waals surface area contributed by atoms with Crippen LogP contribution < -0.4 is 10.0 Å². The Morgan fingerprint density at radius 3 is 2.60 bits per heavy atom. The molecule has 2 aromatic rings. The molecule has 0 spiro atoms. The van der Waals surface area contributed by atoms with Gasteiger partial charge < -0.3 is 10.2 Å². The van der Waals surface area contributed by atoms with Crippen LogP contribution in [-0.2, 0) is 21.4 Å². The Balaban J connectivity index is 1.57. The van der Waals surface area contributed by atoms with Crippen LogP contribution in [0.4, 0.5) is 0 Å².